The fraction of sp³-hybridized carbons (Fsp3) is 0.778. The molecule has 2 rings (SSSR count). The van der Waals surface area contributed by atoms with Crippen LogP contribution in [0.3, 0.4) is 0 Å². The first-order valence-corrected chi connectivity index (χ1v) is 8.97. The summed E-state index contributed by atoms with van der Waals surface area (Å²) >= 11 is 0. The van der Waals surface area contributed by atoms with Crippen molar-refractivity contribution < 1.29 is 4.52 Å². The van der Waals surface area contributed by atoms with Crippen molar-refractivity contribution in [1.29, 1.82) is 0 Å². The summed E-state index contributed by atoms with van der Waals surface area (Å²) in [5.41, 5.74) is 2.02. The van der Waals surface area contributed by atoms with E-state index in [0.717, 1.165) is 41.4 Å². The zero-order valence-corrected chi connectivity index (χ0v) is 15.3. The molecule has 0 amide bonds. The van der Waals surface area contributed by atoms with Gasteiger partial charge in [0, 0.05) is 18.2 Å². The Morgan fingerprint density at radius 1 is 1.26 bits per heavy atom. The summed E-state index contributed by atoms with van der Waals surface area (Å²) in [7, 11) is 0. The van der Waals surface area contributed by atoms with Gasteiger partial charge in [0.15, 0.2) is 5.96 Å². The lowest BCUT2D eigenvalue weighted by molar-refractivity contribution is 0.250. The zero-order chi connectivity index (χ0) is 16.8. The first-order valence-electron chi connectivity index (χ1n) is 8.97. The molecule has 0 radical (unpaired) electrons. The maximum absolute atomic E-state index is 5.21. The SMILES string of the molecule is CCNC(=NCc1c(C)noc1C)NC1CCC(C(C)C)CC1. The van der Waals surface area contributed by atoms with Crippen LogP contribution < -0.4 is 10.6 Å². The number of hydrogen-bond donors (Lipinski definition) is 2. The molecule has 1 aromatic rings. The average molecular weight is 320 g/mol. The van der Waals surface area contributed by atoms with Crippen LogP contribution in [0.5, 0.6) is 0 Å². The molecule has 0 aromatic carbocycles. The number of rotatable bonds is 5. The van der Waals surface area contributed by atoms with Gasteiger partial charge in [0.25, 0.3) is 0 Å². The summed E-state index contributed by atoms with van der Waals surface area (Å²) in [5, 5.41) is 11.0. The Labute approximate surface area is 140 Å². The van der Waals surface area contributed by atoms with E-state index in [9.17, 15) is 0 Å². The lowest BCUT2D eigenvalue weighted by Crippen LogP contribution is -2.45. The molecule has 1 saturated carbocycles. The Morgan fingerprint density at radius 2 is 1.96 bits per heavy atom. The Kier molecular flexibility index (Phi) is 6.48. The summed E-state index contributed by atoms with van der Waals surface area (Å²) < 4.78 is 5.21. The van der Waals surface area contributed by atoms with Crippen LogP contribution in [0.4, 0.5) is 0 Å². The van der Waals surface area contributed by atoms with Crippen molar-refractivity contribution in [1.82, 2.24) is 15.8 Å². The zero-order valence-electron chi connectivity index (χ0n) is 15.3. The monoisotopic (exact) mass is 320 g/mol. The summed E-state index contributed by atoms with van der Waals surface area (Å²) in [6, 6.07) is 0.535. The van der Waals surface area contributed by atoms with Crippen molar-refractivity contribution in [2.24, 2.45) is 16.8 Å². The van der Waals surface area contributed by atoms with Gasteiger partial charge >= 0.3 is 0 Å². The minimum absolute atomic E-state index is 0.535. The van der Waals surface area contributed by atoms with Crippen LogP contribution in [0.15, 0.2) is 9.52 Å². The van der Waals surface area contributed by atoms with Crippen LogP contribution in [0.2, 0.25) is 0 Å². The summed E-state index contributed by atoms with van der Waals surface area (Å²) in [6.07, 6.45) is 5.11. The Bertz CT molecular complexity index is 494. The van der Waals surface area contributed by atoms with Gasteiger partial charge in [0.1, 0.15) is 5.76 Å². The molecule has 0 spiro atoms. The molecule has 0 atom stereocenters. The fourth-order valence-corrected chi connectivity index (χ4v) is 3.33. The average Bonchev–Trinajstić information content (AvgIpc) is 2.84. The molecule has 0 bridgehead atoms. The van der Waals surface area contributed by atoms with Crippen molar-refractivity contribution in [3.05, 3.63) is 17.0 Å². The lowest BCUT2D eigenvalue weighted by Gasteiger charge is -2.32. The molecule has 0 unspecified atom stereocenters. The molecule has 1 heterocycles. The molecule has 0 aliphatic heterocycles. The molecule has 5 nitrogen and oxygen atoms in total. The molecule has 1 fully saturated rings. The molecule has 1 aliphatic rings. The minimum Gasteiger partial charge on any atom is -0.361 e. The predicted molar refractivity (Wildman–Crippen MR) is 94.5 cm³/mol. The lowest BCUT2D eigenvalue weighted by atomic mass is 9.80. The van der Waals surface area contributed by atoms with E-state index in [-0.39, 0.29) is 0 Å². The van der Waals surface area contributed by atoms with Gasteiger partial charge in [-0.15, -0.1) is 0 Å². The molecular weight excluding hydrogens is 288 g/mol. The third kappa shape index (κ3) is 4.98. The van der Waals surface area contributed by atoms with Crippen LogP contribution in [-0.4, -0.2) is 23.7 Å². The third-order valence-electron chi connectivity index (χ3n) is 4.98. The second-order valence-electron chi connectivity index (χ2n) is 7.00. The smallest absolute Gasteiger partial charge is 0.191 e. The van der Waals surface area contributed by atoms with Gasteiger partial charge in [-0.05, 0) is 58.3 Å². The first kappa shape index (κ1) is 17.8. The van der Waals surface area contributed by atoms with Crippen LogP contribution in [0.1, 0.15) is 63.5 Å². The van der Waals surface area contributed by atoms with Crippen molar-refractivity contribution >= 4 is 5.96 Å². The van der Waals surface area contributed by atoms with E-state index < -0.39 is 0 Å². The van der Waals surface area contributed by atoms with Crippen molar-refractivity contribution in [3.8, 4) is 0 Å². The van der Waals surface area contributed by atoms with Gasteiger partial charge < -0.3 is 15.2 Å². The molecule has 5 heteroatoms. The molecule has 23 heavy (non-hydrogen) atoms. The Morgan fingerprint density at radius 3 is 2.48 bits per heavy atom. The molecule has 1 aromatic heterocycles. The van der Waals surface area contributed by atoms with Crippen LogP contribution in [0.25, 0.3) is 0 Å². The van der Waals surface area contributed by atoms with E-state index in [1.807, 2.05) is 13.8 Å². The highest BCUT2D eigenvalue weighted by Crippen LogP contribution is 2.29. The highest BCUT2D eigenvalue weighted by atomic mass is 16.5. The standard InChI is InChI=1S/C18H32N4O/c1-6-19-18(20-11-17-13(4)22-23-14(17)5)21-16-9-7-15(8-10-16)12(2)3/h12,15-16H,6-11H2,1-5H3,(H2,19,20,21). The Balaban J connectivity index is 1.92. The molecule has 0 saturated heterocycles. The van der Waals surface area contributed by atoms with Crippen molar-refractivity contribution in [3.63, 3.8) is 0 Å². The summed E-state index contributed by atoms with van der Waals surface area (Å²) in [4.78, 5) is 4.72. The highest BCUT2D eigenvalue weighted by molar-refractivity contribution is 5.80. The number of aromatic nitrogens is 1. The van der Waals surface area contributed by atoms with Gasteiger partial charge in [-0.2, -0.15) is 0 Å². The Hall–Kier alpha value is -1.52. The van der Waals surface area contributed by atoms with E-state index >= 15 is 0 Å². The quantitative estimate of drug-likeness (QED) is 0.643. The second kappa shape index (κ2) is 8.37. The first-order chi connectivity index (χ1) is 11.0. The molecule has 2 N–H and O–H groups in total. The van der Waals surface area contributed by atoms with E-state index in [4.69, 9.17) is 9.52 Å². The number of aryl methyl sites for hydroxylation is 2. The van der Waals surface area contributed by atoms with Gasteiger partial charge in [0.2, 0.25) is 0 Å². The maximum Gasteiger partial charge on any atom is 0.191 e. The van der Waals surface area contributed by atoms with Gasteiger partial charge in [-0.1, -0.05) is 19.0 Å². The van der Waals surface area contributed by atoms with E-state index in [2.05, 4.69) is 36.6 Å². The second-order valence-corrected chi connectivity index (χ2v) is 7.00. The summed E-state index contributed by atoms with van der Waals surface area (Å²) in [6.45, 7) is 12.2. The highest BCUT2D eigenvalue weighted by Gasteiger charge is 2.23. The van der Waals surface area contributed by atoms with Gasteiger partial charge in [0.05, 0.1) is 12.2 Å². The number of guanidine groups is 1. The van der Waals surface area contributed by atoms with Crippen molar-refractivity contribution in [2.45, 2.75) is 72.9 Å². The third-order valence-corrected chi connectivity index (χ3v) is 4.98. The number of hydrogen-bond acceptors (Lipinski definition) is 3. The topological polar surface area (TPSA) is 62.5 Å². The summed E-state index contributed by atoms with van der Waals surface area (Å²) in [5.74, 6) is 3.45. The van der Waals surface area contributed by atoms with Crippen LogP contribution in [0, 0.1) is 25.7 Å². The number of nitrogens with one attached hydrogen (secondary N) is 2. The van der Waals surface area contributed by atoms with Crippen LogP contribution >= 0.6 is 0 Å². The van der Waals surface area contributed by atoms with E-state index in [1.165, 1.54) is 25.7 Å². The largest absolute Gasteiger partial charge is 0.361 e. The minimum atomic E-state index is 0.535. The van der Waals surface area contributed by atoms with E-state index in [1.54, 1.807) is 0 Å². The number of nitrogens with zero attached hydrogens (tertiary/aromatic N) is 2. The molecule has 130 valence electrons. The molecule has 1 aliphatic carbocycles. The number of aliphatic imine (C=N–C) groups is 1. The normalized spacial score (nSPS) is 22.4. The van der Waals surface area contributed by atoms with Gasteiger partial charge in [-0.25, -0.2) is 4.99 Å². The fourth-order valence-electron chi connectivity index (χ4n) is 3.33. The molecular formula is C18H32N4O. The predicted octanol–water partition coefficient (Wildman–Crippen LogP) is 3.56. The van der Waals surface area contributed by atoms with Crippen molar-refractivity contribution in [2.75, 3.05) is 6.54 Å². The van der Waals surface area contributed by atoms with E-state index in [0.29, 0.717) is 12.6 Å². The van der Waals surface area contributed by atoms with Gasteiger partial charge in [-0.3, -0.25) is 0 Å². The van der Waals surface area contributed by atoms with Crippen LogP contribution in [-0.2, 0) is 6.54 Å². The maximum atomic E-state index is 5.21.